The Bertz CT molecular complexity index is 882. The number of rotatable bonds is 9. The van der Waals surface area contributed by atoms with E-state index in [9.17, 15) is 8.78 Å². The first-order valence-corrected chi connectivity index (χ1v) is 10.6. The van der Waals surface area contributed by atoms with Crippen LogP contribution >= 0.6 is 0 Å². The molecule has 30 heavy (non-hydrogen) atoms. The first kappa shape index (κ1) is 20.6. The Kier molecular flexibility index (Phi) is 5.88. The van der Waals surface area contributed by atoms with Gasteiger partial charge in [-0.15, -0.1) is 0 Å². The Labute approximate surface area is 176 Å². The lowest BCUT2D eigenvalue weighted by Crippen LogP contribution is -2.28. The molecule has 0 amide bonds. The van der Waals surface area contributed by atoms with E-state index in [1.54, 1.807) is 11.0 Å². The van der Waals surface area contributed by atoms with Gasteiger partial charge in [-0.2, -0.15) is 4.98 Å². The lowest BCUT2D eigenvalue weighted by atomic mass is 10.1. The lowest BCUT2D eigenvalue weighted by molar-refractivity contribution is 0.0256. The fourth-order valence-corrected chi connectivity index (χ4v) is 3.56. The molecule has 1 N–H and O–H groups in total. The van der Waals surface area contributed by atoms with Gasteiger partial charge in [0, 0.05) is 39.2 Å². The molecule has 0 radical (unpaired) electrons. The average molecular weight is 414 g/mol. The number of benzene rings is 1. The normalized spacial score (nSPS) is 17.8. The van der Waals surface area contributed by atoms with Gasteiger partial charge >= 0.3 is 0 Å². The molecule has 1 saturated carbocycles. The van der Waals surface area contributed by atoms with Crippen LogP contribution in [0, 0.1) is 5.92 Å². The zero-order valence-corrected chi connectivity index (χ0v) is 17.5. The Hall–Kier alpha value is -2.70. The second kappa shape index (κ2) is 8.58. The molecule has 2 aromatic rings. The van der Waals surface area contributed by atoms with Crippen molar-refractivity contribution in [1.82, 2.24) is 15.3 Å². The van der Waals surface area contributed by atoms with Gasteiger partial charge in [-0.25, -0.2) is 13.8 Å². The highest BCUT2D eigenvalue weighted by Crippen LogP contribution is 2.32. The number of hydrogen-bond donors (Lipinski definition) is 1. The minimum Gasteiger partial charge on any atom is -0.384 e. The Morgan fingerprint density at radius 3 is 2.70 bits per heavy atom. The number of aromatic nitrogens is 2. The molecule has 2 heterocycles. The number of halogens is 2. The summed E-state index contributed by atoms with van der Waals surface area (Å²) in [7, 11) is 1.94. The van der Waals surface area contributed by atoms with E-state index < -0.39 is 5.92 Å². The molecule has 2 aliphatic rings. The molecule has 1 saturated heterocycles. The van der Waals surface area contributed by atoms with Crippen LogP contribution in [0.5, 0.6) is 0 Å². The van der Waals surface area contributed by atoms with Crippen LogP contribution in [-0.4, -0.2) is 49.1 Å². The van der Waals surface area contributed by atoms with E-state index in [4.69, 9.17) is 4.98 Å². The van der Waals surface area contributed by atoms with Crippen LogP contribution in [0.2, 0.25) is 0 Å². The maximum Gasteiger partial charge on any atom is 0.266 e. The second-order valence-corrected chi connectivity index (χ2v) is 8.40. The van der Waals surface area contributed by atoms with Crippen LogP contribution in [0.25, 0.3) is 5.70 Å². The van der Waals surface area contributed by atoms with Crippen molar-refractivity contribution in [2.45, 2.75) is 31.6 Å². The maximum absolute atomic E-state index is 13.8. The highest BCUT2D eigenvalue weighted by molar-refractivity contribution is 5.63. The number of likely N-dealkylation sites (N-methyl/N-ethyl adjacent to an activating group) is 1. The number of nitrogens with zero attached hydrogens (tertiary/aromatic N) is 4. The minimum atomic E-state index is -2.67. The summed E-state index contributed by atoms with van der Waals surface area (Å²) in [5, 5.41) is 3.35. The van der Waals surface area contributed by atoms with Crippen LogP contribution < -0.4 is 15.1 Å². The van der Waals surface area contributed by atoms with Gasteiger partial charge in [-0.1, -0.05) is 36.9 Å². The first-order valence-electron chi connectivity index (χ1n) is 10.6. The van der Waals surface area contributed by atoms with Crippen molar-refractivity contribution in [2.75, 3.05) is 43.0 Å². The van der Waals surface area contributed by atoms with E-state index in [-0.39, 0.29) is 13.0 Å². The van der Waals surface area contributed by atoms with Crippen LogP contribution in [0.4, 0.5) is 20.5 Å². The Morgan fingerprint density at radius 1 is 1.27 bits per heavy atom. The molecule has 1 aromatic carbocycles. The molecule has 5 nitrogen and oxygen atoms in total. The predicted molar refractivity (Wildman–Crippen MR) is 117 cm³/mol. The molecular weight excluding hydrogens is 384 g/mol. The van der Waals surface area contributed by atoms with Gasteiger partial charge in [0.05, 0.1) is 17.9 Å². The van der Waals surface area contributed by atoms with Crippen LogP contribution in [0.15, 0.2) is 43.0 Å². The molecule has 160 valence electrons. The lowest BCUT2D eigenvalue weighted by Gasteiger charge is -2.23. The quantitative estimate of drug-likeness (QED) is 0.674. The van der Waals surface area contributed by atoms with Crippen LogP contribution in [0.1, 0.15) is 30.5 Å². The van der Waals surface area contributed by atoms with Gasteiger partial charge in [0.1, 0.15) is 5.82 Å². The number of anilines is 2. The van der Waals surface area contributed by atoms with Crippen molar-refractivity contribution < 1.29 is 8.78 Å². The molecule has 1 aromatic heterocycles. The van der Waals surface area contributed by atoms with E-state index in [1.165, 1.54) is 18.4 Å². The smallest absolute Gasteiger partial charge is 0.266 e. The molecule has 7 heteroatoms. The van der Waals surface area contributed by atoms with Gasteiger partial charge < -0.3 is 15.1 Å². The summed E-state index contributed by atoms with van der Waals surface area (Å²) in [6.45, 7) is 5.71. The fraction of sp³-hybridized carbons (Fsp3) is 0.478. The summed E-state index contributed by atoms with van der Waals surface area (Å²) in [5.41, 5.74) is 2.61. The van der Waals surface area contributed by atoms with Gasteiger partial charge in [-0.05, 0) is 30.7 Å². The van der Waals surface area contributed by atoms with Crippen molar-refractivity contribution >= 4 is 17.5 Å². The number of hydrogen-bond acceptors (Lipinski definition) is 5. The third kappa shape index (κ3) is 5.26. The summed E-state index contributed by atoms with van der Waals surface area (Å²) < 4.78 is 27.6. The Morgan fingerprint density at radius 2 is 2.03 bits per heavy atom. The molecule has 0 spiro atoms. The zero-order valence-electron chi connectivity index (χ0n) is 17.5. The molecule has 0 atom stereocenters. The topological polar surface area (TPSA) is 44.3 Å². The SMILES string of the molecule is C=C(NCC1CC1)c1cc(N2CCC(F)(F)C2)nc(N(C)CCc2ccccc2)n1. The summed E-state index contributed by atoms with van der Waals surface area (Å²) in [6.07, 6.45) is 3.19. The third-order valence-corrected chi connectivity index (χ3v) is 5.72. The molecule has 0 unspecified atom stereocenters. The van der Waals surface area contributed by atoms with E-state index in [1.807, 2.05) is 30.1 Å². The van der Waals surface area contributed by atoms with Crippen molar-refractivity contribution in [3.8, 4) is 0 Å². The molecule has 4 rings (SSSR count). The predicted octanol–water partition coefficient (Wildman–Crippen LogP) is 3.97. The van der Waals surface area contributed by atoms with Gasteiger partial charge in [0.25, 0.3) is 5.92 Å². The summed E-state index contributed by atoms with van der Waals surface area (Å²) in [5.74, 6) is -0.907. The monoisotopic (exact) mass is 413 g/mol. The minimum absolute atomic E-state index is 0.146. The van der Waals surface area contributed by atoms with Crippen molar-refractivity contribution in [1.29, 1.82) is 0 Å². The van der Waals surface area contributed by atoms with E-state index in [2.05, 4.69) is 29.0 Å². The second-order valence-electron chi connectivity index (χ2n) is 8.40. The van der Waals surface area contributed by atoms with Crippen molar-refractivity contribution in [3.05, 3.63) is 54.2 Å². The first-order chi connectivity index (χ1) is 14.4. The highest BCUT2D eigenvalue weighted by atomic mass is 19.3. The largest absolute Gasteiger partial charge is 0.384 e. The van der Waals surface area contributed by atoms with Gasteiger partial charge in [0.2, 0.25) is 5.95 Å². The molecule has 0 bridgehead atoms. The van der Waals surface area contributed by atoms with Crippen molar-refractivity contribution in [3.63, 3.8) is 0 Å². The fourth-order valence-electron chi connectivity index (χ4n) is 3.56. The van der Waals surface area contributed by atoms with Crippen LogP contribution in [0.3, 0.4) is 0 Å². The summed E-state index contributed by atoms with van der Waals surface area (Å²) in [4.78, 5) is 12.9. The van der Waals surface area contributed by atoms with E-state index in [0.717, 1.165) is 19.5 Å². The zero-order chi connectivity index (χ0) is 21.1. The average Bonchev–Trinajstić information content (AvgIpc) is 3.51. The van der Waals surface area contributed by atoms with Gasteiger partial charge in [0.15, 0.2) is 0 Å². The summed E-state index contributed by atoms with van der Waals surface area (Å²) in [6, 6.07) is 12.0. The molecule has 2 fully saturated rings. The summed E-state index contributed by atoms with van der Waals surface area (Å²) >= 11 is 0. The Balaban J connectivity index is 1.53. The molecule has 1 aliphatic heterocycles. The van der Waals surface area contributed by atoms with E-state index in [0.29, 0.717) is 35.6 Å². The molecular formula is C23H29F2N5. The maximum atomic E-state index is 13.8. The third-order valence-electron chi connectivity index (χ3n) is 5.72. The van der Waals surface area contributed by atoms with E-state index >= 15 is 0 Å². The van der Waals surface area contributed by atoms with Crippen LogP contribution in [-0.2, 0) is 6.42 Å². The highest BCUT2D eigenvalue weighted by Gasteiger charge is 2.39. The van der Waals surface area contributed by atoms with Crippen molar-refractivity contribution in [2.24, 2.45) is 5.92 Å². The molecule has 1 aliphatic carbocycles. The number of nitrogens with one attached hydrogen (secondary N) is 1. The number of alkyl halides is 2. The standard InChI is InChI=1S/C23H29F2N5/c1-17(26-15-19-8-9-19)20-14-21(30-13-11-23(24,25)16-30)28-22(27-20)29(2)12-10-18-6-4-3-5-7-18/h3-7,14,19,26H,1,8-13,15-16H2,2H3. The van der Waals surface area contributed by atoms with Gasteiger partial charge in [-0.3, -0.25) is 0 Å².